The summed E-state index contributed by atoms with van der Waals surface area (Å²) in [5.41, 5.74) is 1.10. The fourth-order valence-corrected chi connectivity index (χ4v) is 3.48. The van der Waals surface area contributed by atoms with Crippen LogP contribution in [0.25, 0.3) is 0 Å². The van der Waals surface area contributed by atoms with Crippen LogP contribution in [-0.4, -0.2) is 15.6 Å². The fraction of sp³-hybridized carbons (Fsp3) is 0.833. The summed E-state index contributed by atoms with van der Waals surface area (Å²) in [5, 5.41) is 9.70. The van der Waals surface area contributed by atoms with E-state index in [4.69, 9.17) is 0 Å². The van der Waals surface area contributed by atoms with Crippen molar-refractivity contribution in [1.29, 1.82) is 0 Å². The van der Waals surface area contributed by atoms with Gasteiger partial charge in [0.05, 0.1) is 5.69 Å². The Bertz CT molecular complexity index is 319. The third-order valence-corrected chi connectivity index (χ3v) is 4.60. The van der Waals surface area contributed by atoms with Crippen molar-refractivity contribution < 1.29 is 0 Å². The lowest BCUT2D eigenvalue weighted by atomic mass is 9.85. The molecule has 1 aromatic heterocycles. The van der Waals surface area contributed by atoms with Gasteiger partial charge in [-0.05, 0) is 29.8 Å². The zero-order valence-electron chi connectivity index (χ0n) is 9.56. The highest BCUT2D eigenvalue weighted by atomic mass is 32.1. The molecule has 1 heterocycles. The smallest absolute Gasteiger partial charge is 0.0893 e. The molecular formula is C12H19N3S. The lowest BCUT2D eigenvalue weighted by molar-refractivity contribution is 0.312. The molecule has 3 rings (SSSR count). The Kier molecular flexibility index (Phi) is 3.20. The quantitative estimate of drug-likeness (QED) is 0.874. The Morgan fingerprint density at radius 1 is 1.31 bits per heavy atom. The highest BCUT2D eigenvalue weighted by molar-refractivity contribution is 7.03. The van der Waals surface area contributed by atoms with Gasteiger partial charge in [-0.15, -0.1) is 5.10 Å². The van der Waals surface area contributed by atoms with E-state index in [0.29, 0.717) is 0 Å². The monoisotopic (exact) mass is 237 g/mol. The minimum absolute atomic E-state index is 0.768. The molecule has 1 aromatic rings. The summed E-state index contributed by atoms with van der Waals surface area (Å²) in [4.78, 5) is 0. The normalized spacial score (nSPS) is 30.5. The van der Waals surface area contributed by atoms with E-state index < -0.39 is 0 Å². The number of nitrogens with zero attached hydrogens (tertiary/aromatic N) is 2. The molecule has 0 spiro atoms. The topological polar surface area (TPSA) is 37.8 Å². The van der Waals surface area contributed by atoms with Crippen LogP contribution in [-0.2, 0) is 6.54 Å². The second-order valence-corrected chi connectivity index (χ2v) is 5.79. The molecule has 2 atom stereocenters. The lowest BCUT2D eigenvalue weighted by Gasteiger charge is -2.21. The molecule has 2 saturated carbocycles. The molecule has 0 aromatic carbocycles. The van der Waals surface area contributed by atoms with Crippen LogP contribution < -0.4 is 5.32 Å². The number of nitrogens with one attached hydrogen (secondary N) is 1. The molecule has 1 N–H and O–H groups in total. The highest BCUT2D eigenvalue weighted by Crippen LogP contribution is 2.44. The van der Waals surface area contributed by atoms with E-state index in [9.17, 15) is 0 Å². The largest absolute Gasteiger partial charge is 0.308 e. The standard InChI is InChI=1S/C12H19N3S/c1-2-4-9(5-3-1)11-6-12(11)13-7-10-8-16-15-14-10/h8-9,11-13H,1-7H2. The molecule has 0 saturated heterocycles. The fourth-order valence-electron chi connectivity index (χ4n) is 3.03. The van der Waals surface area contributed by atoms with Crippen LogP contribution in [0, 0.1) is 11.8 Å². The van der Waals surface area contributed by atoms with Crippen molar-refractivity contribution >= 4 is 11.5 Å². The molecule has 0 amide bonds. The van der Waals surface area contributed by atoms with E-state index in [1.54, 1.807) is 0 Å². The van der Waals surface area contributed by atoms with Gasteiger partial charge in [0.25, 0.3) is 0 Å². The number of hydrogen-bond acceptors (Lipinski definition) is 4. The predicted octanol–water partition coefficient (Wildman–Crippen LogP) is 2.60. The number of rotatable bonds is 4. The summed E-state index contributed by atoms with van der Waals surface area (Å²) in [6.07, 6.45) is 8.73. The maximum atomic E-state index is 4.06. The Hall–Kier alpha value is -0.480. The third-order valence-electron chi connectivity index (χ3n) is 4.05. The van der Waals surface area contributed by atoms with Gasteiger partial charge in [0, 0.05) is 18.0 Å². The van der Waals surface area contributed by atoms with Gasteiger partial charge in [0.15, 0.2) is 0 Å². The van der Waals surface area contributed by atoms with Crippen LogP contribution in [0.4, 0.5) is 0 Å². The molecule has 4 heteroatoms. The second kappa shape index (κ2) is 4.80. The zero-order chi connectivity index (χ0) is 10.8. The predicted molar refractivity (Wildman–Crippen MR) is 65.2 cm³/mol. The average molecular weight is 237 g/mol. The third kappa shape index (κ3) is 2.43. The number of aromatic nitrogens is 2. The Labute approximate surface area is 101 Å². The van der Waals surface area contributed by atoms with Crippen molar-refractivity contribution in [2.45, 2.75) is 51.1 Å². The second-order valence-electron chi connectivity index (χ2n) is 5.18. The van der Waals surface area contributed by atoms with E-state index >= 15 is 0 Å². The summed E-state index contributed by atoms with van der Waals surface area (Å²) in [6.45, 7) is 0.907. The molecule has 0 bridgehead atoms. The first-order valence-corrected chi connectivity index (χ1v) is 7.26. The van der Waals surface area contributed by atoms with E-state index in [1.807, 2.05) is 5.38 Å². The van der Waals surface area contributed by atoms with E-state index in [0.717, 1.165) is 30.1 Å². The van der Waals surface area contributed by atoms with Crippen LogP contribution in [0.1, 0.15) is 44.2 Å². The van der Waals surface area contributed by atoms with Crippen molar-refractivity contribution in [2.24, 2.45) is 11.8 Å². The highest BCUT2D eigenvalue weighted by Gasteiger charge is 2.42. The van der Waals surface area contributed by atoms with Crippen LogP contribution in [0.2, 0.25) is 0 Å². The van der Waals surface area contributed by atoms with Gasteiger partial charge < -0.3 is 5.32 Å². The Morgan fingerprint density at radius 3 is 2.94 bits per heavy atom. The molecule has 0 aliphatic heterocycles. The lowest BCUT2D eigenvalue weighted by Crippen LogP contribution is -2.21. The SMILES string of the molecule is c1snnc1CNC1CC1C1CCCCC1. The number of hydrogen-bond donors (Lipinski definition) is 1. The van der Waals surface area contributed by atoms with Crippen molar-refractivity contribution in [2.75, 3.05) is 0 Å². The average Bonchev–Trinajstić information content (AvgIpc) is 2.93. The minimum atomic E-state index is 0.768. The first kappa shape index (κ1) is 10.7. The van der Waals surface area contributed by atoms with Gasteiger partial charge in [0.2, 0.25) is 0 Å². The first-order valence-electron chi connectivity index (χ1n) is 6.43. The molecule has 16 heavy (non-hydrogen) atoms. The summed E-state index contributed by atoms with van der Waals surface area (Å²) in [5.74, 6) is 1.98. The Morgan fingerprint density at radius 2 is 2.19 bits per heavy atom. The summed E-state index contributed by atoms with van der Waals surface area (Å²) >= 11 is 1.44. The molecule has 2 fully saturated rings. The van der Waals surface area contributed by atoms with Gasteiger partial charge in [0.1, 0.15) is 0 Å². The maximum absolute atomic E-state index is 4.06. The summed E-state index contributed by atoms with van der Waals surface area (Å²) < 4.78 is 3.88. The summed E-state index contributed by atoms with van der Waals surface area (Å²) in [6, 6.07) is 0.768. The molecule has 2 unspecified atom stereocenters. The molecule has 2 aliphatic carbocycles. The van der Waals surface area contributed by atoms with Crippen LogP contribution in [0.15, 0.2) is 5.38 Å². The van der Waals surface area contributed by atoms with E-state index in [1.165, 1.54) is 50.1 Å². The molecule has 3 nitrogen and oxygen atoms in total. The maximum Gasteiger partial charge on any atom is 0.0893 e. The van der Waals surface area contributed by atoms with Crippen molar-refractivity contribution in [3.05, 3.63) is 11.1 Å². The van der Waals surface area contributed by atoms with E-state index in [2.05, 4.69) is 14.9 Å². The van der Waals surface area contributed by atoms with E-state index in [-0.39, 0.29) is 0 Å². The Balaban J connectivity index is 1.42. The molecular weight excluding hydrogens is 218 g/mol. The van der Waals surface area contributed by atoms with Gasteiger partial charge in [-0.25, -0.2) is 0 Å². The van der Waals surface area contributed by atoms with Crippen molar-refractivity contribution in [1.82, 2.24) is 14.9 Å². The minimum Gasteiger partial charge on any atom is -0.308 e. The van der Waals surface area contributed by atoms with Gasteiger partial charge in [-0.3, -0.25) is 0 Å². The van der Waals surface area contributed by atoms with Crippen molar-refractivity contribution in [3.63, 3.8) is 0 Å². The molecule has 0 radical (unpaired) electrons. The first-order chi connectivity index (χ1) is 7.93. The van der Waals surface area contributed by atoms with Crippen molar-refractivity contribution in [3.8, 4) is 0 Å². The van der Waals surface area contributed by atoms with Crippen LogP contribution >= 0.6 is 11.5 Å². The zero-order valence-corrected chi connectivity index (χ0v) is 10.4. The van der Waals surface area contributed by atoms with Gasteiger partial charge in [-0.2, -0.15) is 0 Å². The summed E-state index contributed by atoms with van der Waals surface area (Å²) in [7, 11) is 0. The molecule has 88 valence electrons. The molecule has 2 aliphatic rings. The van der Waals surface area contributed by atoms with Gasteiger partial charge >= 0.3 is 0 Å². The van der Waals surface area contributed by atoms with Crippen LogP contribution in [0.5, 0.6) is 0 Å². The van der Waals surface area contributed by atoms with Crippen LogP contribution in [0.3, 0.4) is 0 Å². The van der Waals surface area contributed by atoms with Gasteiger partial charge in [-0.1, -0.05) is 36.6 Å².